The molecule has 1 N–H and O–H groups in total. The minimum absolute atomic E-state index is 0.0948. The average molecular weight is 346 g/mol. The van der Waals surface area contributed by atoms with Gasteiger partial charge in [-0.05, 0) is 19.1 Å². The maximum Gasteiger partial charge on any atom is 0.242 e. The van der Waals surface area contributed by atoms with Gasteiger partial charge in [0.2, 0.25) is 17.6 Å². The van der Waals surface area contributed by atoms with Gasteiger partial charge in [0.05, 0.1) is 6.33 Å². The van der Waals surface area contributed by atoms with E-state index in [-0.39, 0.29) is 11.9 Å². The van der Waals surface area contributed by atoms with Gasteiger partial charge in [-0.1, -0.05) is 28.9 Å². The largest absolute Gasteiger partial charge is 0.354 e. The Morgan fingerprint density at radius 3 is 3.08 bits per heavy atom. The second kappa shape index (κ2) is 7.27. The van der Waals surface area contributed by atoms with Crippen molar-refractivity contribution in [2.75, 3.05) is 6.54 Å². The van der Waals surface area contributed by atoms with Crippen LogP contribution in [0.15, 0.2) is 47.5 Å². The molecule has 2 heterocycles. The predicted molar refractivity (Wildman–Crippen MR) is 88.4 cm³/mol. The van der Waals surface area contributed by atoms with Crippen molar-refractivity contribution in [3.63, 3.8) is 0 Å². The minimum Gasteiger partial charge on any atom is -0.354 e. The highest BCUT2D eigenvalue weighted by atomic mass is 35.5. The first-order valence-corrected chi connectivity index (χ1v) is 7.85. The molecule has 0 aliphatic carbocycles. The molecular formula is C16H16ClN5O2. The maximum absolute atomic E-state index is 12.1. The van der Waals surface area contributed by atoms with E-state index in [4.69, 9.17) is 16.1 Å². The van der Waals surface area contributed by atoms with E-state index in [0.29, 0.717) is 29.7 Å². The van der Waals surface area contributed by atoms with Crippen LogP contribution in [0.25, 0.3) is 11.4 Å². The molecule has 0 bridgehead atoms. The molecule has 0 saturated carbocycles. The molecule has 0 aliphatic heterocycles. The number of halogens is 1. The summed E-state index contributed by atoms with van der Waals surface area (Å²) in [7, 11) is 0. The molecule has 0 radical (unpaired) electrons. The van der Waals surface area contributed by atoms with E-state index in [1.54, 1.807) is 42.3 Å². The van der Waals surface area contributed by atoms with Gasteiger partial charge in [0.25, 0.3) is 0 Å². The molecule has 0 spiro atoms. The zero-order valence-electron chi connectivity index (χ0n) is 13.0. The molecule has 3 aromatic rings. The van der Waals surface area contributed by atoms with Crippen LogP contribution >= 0.6 is 11.6 Å². The van der Waals surface area contributed by atoms with Crippen molar-refractivity contribution >= 4 is 17.5 Å². The van der Waals surface area contributed by atoms with Crippen molar-refractivity contribution in [3.05, 3.63) is 53.9 Å². The topological polar surface area (TPSA) is 85.8 Å². The number of carbonyl (C=O) groups is 1. The number of aromatic nitrogens is 4. The average Bonchev–Trinajstić information content (AvgIpc) is 3.26. The Bertz CT molecular complexity index is 816. The van der Waals surface area contributed by atoms with Gasteiger partial charge in [0, 0.05) is 35.9 Å². The van der Waals surface area contributed by atoms with Gasteiger partial charge in [-0.15, -0.1) is 0 Å². The van der Waals surface area contributed by atoms with E-state index < -0.39 is 0 Å². The van der Waals surface area contributed by atoms with Crippen molar-refractivity contribution in [2.45, 2.75) is 19.4 Å². The SMILES string of the molecule is C[C@H](C(=O)NCCc1nc(-c2cccc(Cl)c2)no1)n1ccnc1. The Morgan fingerprint density at radius 1 is 1.46 bits per heavy atom. The van der Waals surface area contributed by atoms with Crippen LogP contribution in [0.5, 0.6) is 0 Å². The maximum atomic E-state index is 12.1. The molecule has 7 nitrogen and oxygen atoms in total. The van der Waals surface area contributed by atoms with Crippen LogP contribution in [0.2, 0.25) is 5.02 Å². The zero-order valence-corrected chi connectivity index (χ0v) is 13.8. The van der Waals surface area contributed by atoms with Gasteiger partial charge in [-0.2, -0.15) is 4.98 Å². The lowest BCUT2D eigenvalue weighted by Crippen LogP contribution is -2.32. The Kier molecular flexibility index (Phi) is 4.90. The predicted octanol–water partition coefficient (Wildman–Crippen LogP) is 2.51. The van der Waals surface area contributed by atoms with Gasteiger partial charge in [0.15, 0.2) is 0 Å². The zero-order chi connectivity index (χ0) is 16.9. The van der Waals surface area contributed by atoms with Crippen LogP contribution in [-0.4, -0.2) is 32.1 Å². The molecule has 0 saturated heterocycles. The van der Waals surface area contributed by atoms with E-state index in [1.807, 2.05) is 12.1 Å². The van der Waals surface area contributed by atoms with Crippen molar-refractivity contribution in [1.82, 2.24) is 25.0 Å². The number of benzene rings is 1. The summed E-state index contributed by atoms with van der Waals surface area (Å²) in [5, 5.41) is 7.38. The fourth-order valence-corrected chi connectivity index (χ4v) is 2.37. The van der Waals surface area contributed by atoms with Crippen LogP contribution in [0, 0.1) is 0 Å². The lowest BCUT2D eigenvalue weighted by molar-refractivity contribution is -0.123. The highest BCUT2D eigenvalue weighted by Gasteiger charge is 2.14. The summed E-state index contributed by atoms with van der Waals surface area (Å²) in [5.41, 5.74) is 0.787. The number of rotatable bonds is 6. The highest BCUT2D eigenvalue weighted by Crippen LogP contribution is 2.19. The fraction of sp³-hybridized carbons (Fsp3) is 0.250. The third-order valence-corrected chi connectivity index (χ3v) is 3.78. The summed E-state index contributed by atoms with van der Waals surface area (Å²) in [6.07, 6.45) is 5.45. The van der Waals surface area contributed by atoms with Gasteiger partial charge in [-0.3, -0.25) is 4.79 Å². The number of imidazole rings is 1. The lowest BCUT2D eigenvalue weighted by Gasteiger charge is -2.12. The Hall–Kier alpha value is -2.67. The number of nitrogens with zero attached hydrogens (tertiary/aromatic N) is 4. The summed E-state index contributed by atoms with van der Waals surface area (Å²) in [5.74, 6) is 0.841. The summed E-state index contributed by atoms with van der Waals surface area (Å²) >= 11 is 5.95. The van der Waals surface area contributed by atoms with E-state index in [1.165, 1.54) is 0 Å². The fourth-order valence-electron chi connectivity index (χ4n) is 2.18. The first kappa shape index (κ1) is 16.2. The quantitative estimate of drug-likeness (QED) is 0.741. The van der Waals surface area contributed by atoms with E-state index in [0.717, 1.165) is 5.56 Å². The van der Waals surface area contributed by atoms with Crippen LogP contribution in [0.3, 0.4) is 0 Å². The molecule has 0 fully saturated rings. The van der Waals surface area contributed by atoms with Crippen molar-refractivity contribution in [3.8, 4) is 11.4 Å². The molecule has 2 aromatic heterocycles. The molecule has 24 heavy (non-hydrogen) atoms. The Labute approximate surface area is 143 Å². The van der Waals surface area contributed by atoms with Crippen molar-refractivity contribution in [1.29, 1.82) is 0 Å². The molecule has 3 rings (SSSR count). The van der Waals surface area contributed by atoms with Crippen LogP contribution < -0.4 is 5.32 Å². The normalized spacial score (nSPS) is 12.1. The van der Waals surface area contributed by atoms with E-state index >= 15 is 0 Å². The molecule has 1 amide bonds. The van der Waals surface area contributed by atoms with Gasteiger partial charge >= 0.3 is 0 Å². The third kappa shape index (κ3) is 3.80. The first-order chi connectivity index (χ1) is 11.6. The second-order valence-corrected chi connectivity index (χ2v) is 5.69. The molecular weight excluding hydrogens is 330 g/mol. The molecule has 1 atom stereocenters. The van der Waals surface area contributed by atoms with Gasteiger partial charge in [-0.25, -0.2) is 4.98 Å². The molecule has 1 aromatic carbocycles. The smallest absolute Gasteiger partial charge is 0.242 e. The summed E-state index contributed by atoms with van der Waals surface area (Å²) in [6, 6.07) is 6.91. The number of nitrogens with one attached hydrogen (secondary N) is 1. The second-order valence-electron chi connectivity index (χ2n) is 5.25. The lowest BCUT2D eigenvalue weighted by atomic mass is 10.2. The Morgan fingerprint density at radius 2 is 2.33 bits per heavy atom. The van der Waals surface area contributed by atoms with E-state index in [2.05, 4.69) is 20.4 Å². The van der Waals surface area contributed by atoms with Crippen LogP contribution in [0.1, 0.15) is 18.9 Å². The minimum atomic E-state index is -0.322. The molecule has 0 unspecified atom stereocenters. The van der Waals surface area contributed by atoms with E-state index in [9.17, 15) is 4.79 Å². The first-order valence-electron chi connectivity index (χ1n) is 7.47. The highest BCUT2D eigenvalue weighted by molar-refractivity contribution is 6.30. The number of carbonyl (C=O) groups excluding carboxylic acids is 1. The van der Waals surface area contributed by atoms with Crippen molar-refractivity contribution < 1.29 is 9.32 Å². The number of amides is 1. The van der Waals surface area contributed by atoms with Crippen LogP contribution in [0.4, 0.5) is 0 Å². The molecule has 124 valence electrons. The molecule has 8 heteroatoms. The summed E-state index contributed by atoms with van der Waals surface area (Å²) < 4.78 is 6.94. The standard InChI is InChI=1S/C16H16ClN5O2/c1-11(22-8-7-18-10-22)16(23)19-6-5-14-20-15(21-24-14)12-3-2-4-13(17)9-12/h2-4,7-11H,5-6H2,1H3,(H,19,23)/t11-/m1/s1. The van der Waals surface area contributed by atoms with Gasteiger partial charge < -0.3 is 14.4 Å². The van der Waals surface area contributed by atoms with Gasteiger partial charge in [0.1, 0.15) is 6.04 Å². The monoisotopic (exact) mass is 345 g/mol. The summed E-state index contributed by atoms with van der Waals surface area (Å²) in [6.45, 7) is 2.22. The van der Waals surface area contributed by atoms with Crippen molar-refractivity contribution in [2.24, 2.45) is 0 Å². The molecule has 0 aliphatic rings. The van der Waals surface area contributed by atoms with Crippen LogP contribution in [-0.2, 0) is 11.2 Å². The Balaban J connectivity index is 1.53. The third-order valence-electron chi connectivity index (χ3n) is 3.54. The number of hydrogen-bond acceptors (Lipinski definition) is 5. The summed E-state index contributed by atoms with van der Waals surface area (Å²) in [4.78, 5) is 20.3. The number of hydrogen-bond donors (Lipinski definition) is 1.